The van der Waals surface area contributed by atoms with E-state index in [9.17, 15) is 9.90 Å². The van der Waals surface area contributed by atoms with Crippen LogP contribution in [-0.2, 0) is 0 Å². The first-order valence-electron chi connectivity index (χ1n) is 14.4. The fraction of sp³-hybridized carbons (Fsp3) is 0.237. The third kappa shape index (κ3) is 5.15. The van der Waals surface area contributed by atoms with Gasteiger partial charge in [0.1, 0.15) is 8.07 Å². The molecule has 0 unspecified atom stereocenters. The Morgan fingerprint density at radius 2 is 1.07 bits per heavy atom. The van der Waals surface area contributed by atoms with Crippen LogP contribution >= 0.6 is 0 Å². The number of benzene rings is 5. The molecule has 1 N–H and O–H groups in total. The molecule has 0 heterocycles. The predicted octanol–water partition coefficient (Wildman–Crippen LogP) is 9.81. The molecule has 3 heteroatoms. The average molecular weight is 553 g/mol. The van der Waals surface area contributed by atoms with E-state index in [1.165, 1.54) is 10.8 Å². The van der Waals surface area contributed by atoms with Gasteiger partial charge >= 0.3 is 5.97 Å². The van der Waals surface area contributed by atoms with Crippen molar-refractivity contribution in [2.75, 3.05) is 0 Å². The summed E-state index contributed by atoms with van der Waals surface area (Å²) >= 11 is 0. The minimum atomic E-state index is -1.96. The average Bonchev–Trinajstić information content (AvgIpc) is 2.95. The van der Waals surface area contributed by atoms with E-state index < -0.39 is 14.0 Å². The van der Waals surface area contributed by atoms with Crippen molar-refractivity contribution in [1.29, 1.82) is 0 Å². The molecule has 0 aliphatic rings. The van der Waals surface area contributed by atoms with Gasteiger partial charge in [-0.1, -0.05) is 108 Å². The van der Waals surface area contributed by atoms with Gasteiger partial charge in [0.05, 0.1) is 5.56 Å². The van der Waals surface area contributed by atoms with Crippen molar-refractivity contribution >= 4 is 46.4 Å². The Hall–Kier alpha value is -4.31. The van der Waals surface area contributed by atoms with Gasteiger partial charge in [-0.15, -0.1) is 5.54 Å². The van der Waals surface area contributed by atoms with Crippen LogP contribution in [0.2, 0.25) is 16.6 Å². The second-order valence-corrected chi connectivity index (χ2v) is 17.4. The van der Waals surface area contributed by atoms with Crippen LogP contribution in [0, 0.1) is 23.3 Å². The quantitative estimate of drug-likeness (QED) is 0.137. The number of carboxylic acid groups (broad SMARTS) is 1. The van der Waals surface area contributed by atoms with Crippen LogP contribution in [0.15, 0.2) is 84.9 Å². The summed E-state index contributed by atoms with van der Waals surface area (Å²) in [5, 5.41) is 16.0. The second-order valence-electron chi connectivity index (χ2n) is 11.8. The first-order valence-corrected chi connectivity index (χ1v) is 16.6. The Morgan fingerprint density at radius 3 is 1.54 bits per heavy atom. The zero-order chi connectivity index (χ0) is 29.3. The lowest BCUT2D eigenvalue weighted by molar-refractivity contribution is 0.0697. The van der Waals surface area contributed by atoms with Crippen LogP contribution in [-0.4, -0.2) is 19.1 Å². The van der Waals surface area contributed by atoms with E-state index in [0.717, 1.165) is 38.2 Å². The van der Waals surface area contributed by atoms with E-state index in [1.807, 2.05) is 0 Å². The Labute approximate surface area is 244 Å². The maximum Gasteiger partial charge on any atom is 0.335 e. The number of rotatable bonds is 4. The van der Waals surface area contributed by atoms with Gasteiger partial charge in [-0.2, -0.15) is 0 Å². The Balaban J connectivity index is 1.85. The van der Waals surface area contributed by atoms with Crippen LogP contribution < -0.4 is 0 Å². The summed E-state index contributed by atoms with van der Waals surface area (Å²) < 4.78 is 0. The molecular weight excluding hydrogens is 517 g/mol. The lowest BCUT2D eigenvalue weighted by atomic mass is 9.90. The molecule has 5 rings (SSSR count). The van der Waals surface area contributed by atoms with Gasteiger partial charge in [-0.3, -0.25) is 0 Å². The molecule has 0 aromatic heterocycles. The fourth-order valence-electron chi connectivity index (χ4n) is 6.57. The molecule has 0 spiro atoms. The number of carboxylic acids is 1. The minimum absolute atomic E-state index is 0.254. The minimum Gasteiger partial charge on any atom is -0.478 e. The molecular formula is C38H36O2Si. The van der Waals surface area contributed by atoms with E-state index in [-0.39, 0.29) is 5.56 Å². The summed E-state index contributed by atoms with van der Waals surface area (Å²) in [6.07, 6.45) is 0. The van der Waals surface area contributed by atoms with Crippen molar-refractivity contribution in [1.82, 2.24) is 0 Å². The Bertz CT molecular complexity index is 1880. The topological polar surface area (TPSA) is 37.3 Å². The molecule has 0 fully saturated rings. The van der Waals surface area contributed by atoms with Gasteiger partial charge in [0.25, 0.3) is 0 Å². The number of hydrogen-bond donors (Lipinski definition) is 1. The molecule has 0 amide bonds. The van der Waals surface area contributed by atoms with Gasteiger partial charge in [0.2, 0.25) is 0 Å². The number of carbonyl (C=O) groups is 1. The van der Waals surface area contributed by atoms with E-state index in [2.05, 4.69) is 126 Å². The lowest BCUT2D eigenvalue weighted by Crippen LogP contribution is -2.43. The van der Waals surface area contributed by atoms with Crippen LogP contribution in [0.5, 0.6) is 0 Å². The Kier molecular flexibility index (Phi) is 7.77. The normalized spacial score (nSPS) is 11.6. The molecule has 0 bridgehead atoms. The molecule has 0 aliphatic carbocycles. The van der Waals surface area contributed by atoms with Crippen LogP contribution in [0.1, 0.15) is 68.6 Å². The SMILES string of the molecule is CC(C)[Si](C#Cc1c2ccccc2c(C#Cc2ccc(C(=O)O)cc2)c2cc3ccccc3cc12)(C(C)C)C(C)C. The molecule has 0 saturated heterocycles. The van der Waals surface area contributed by atoms with E-state index >= 15 is 0 Å². The third-order valence-corrected chi connectivity index (χ3v) is 14.9. The highest BCUT2D eigenvalue weighted by Gasteiger charge is 2.41. The van der Waals surface area contributed by atoms with E-state index in [4.69, 9.17) is 0 Å². The zero-order valence-electron chi connectivity index (χ0n) is 24.7. The van der Waals surface area contributed by atoms with Crippen molar-refractivity contribution in [3.05, 3.63) is 107 Å². The van der Waals surface area contributed by atoms with E-state index in [1.54, 1.807) is 24.3 Å². The monoisotopic (exact) mass is 552 g/mol. The van der Waals surface area contributed by atoms with Crippen molar-refractivity contribution in [2.24, 2.45) is 0 Å². The van der Waals surface area contributed by atoms with E-state index in [0.29, 0.717) is 16.6 Å². The molecule has 0 atom stereocenters. The van der Waals surface area contributed by atoms with Gasteiger partial charge in [-0.05, 0) is 85.3 Å². The van der Waals surface area contributed by atoms with Crippen molar-refractivity contribution in [2.45, 2.75) is 58.2 Å². The number of aromatic carboxylic acids is 1. The lowest BCUT2D eigenvalue weighted by Gasteiger charge is -2.38. The highest BCUT2D eigenvalue weighted by Crippen LogP contribution is 2.41. The van der Waals surface area contributed by atoms with Crippen molar-refractivity contribution in [3.63, 3.8) is 0 Å². The third-order valence-electron chi connectivity index (χ3n) is 8.62. The number of hydrogen-bond acceptors (Lipinski definition) is 1. The molecule has 0 radical (unpaired) electrons. The molecule has 41 heavy (non-hydrogen) atoms. The van der Waals surface area contributed by atoms with Crippen molar-refractivity contribution in [3.8, 4) is 23.3 Å². The van der Waals surface area contributed by atoms with Crippen LogP contribution in [0.25, 0.3) is 32.3 Å². The summed E-state index contributed by atoms with van der Waals surface area (Å²) in [7, 11) is -1.96. The molecule has 0 saturated carbocycles. The summed E-state index contributed by atoms with van der Waals surface area (Å²) in [6, 6.07) is 28.2. The van der Waals surface area contributed by atoms with Crippen LogP contribution in [0.4, 0.5) is 0 Å². The predicted molar refractivity (Wildman–Crippen MR) is 176 cm³/mol. The first-order chi connectivity index (χ1) is 19.6. The summed E-state index contributed by atoms with van der Waals surface area (Å²) in [6.45, 7) is 14.1. The maximum absolute atomic E-state index is 11.3. The van der Waals surface area contributed by atoms with Crippen LogP contribution in [0.3, 0.4) is 0 Å². The number of fused-ring (bicyclic) bond motifs is 3. The van der Waals surface area contributed by atoms with Gasteiger partial charge in [0.15, 0.2) is 0 Å². The molecule has 0 aliphatic heterocycles. The summed E-state index contributed by atoms with van der Waals surface area (Å²) in [5.74, 6) is 9.65. The van der Waals surface area contributed by atoms with Gasteiger partial charge in [-0.25, -0.2) is 4.79 Å². The Morgan fingerprint density at radius 1 is 0.610 bits per heavy atom. The zero-order valence-corrected chi connectivity index (χ0v) is 25.7. The second kappa shape index (κ2) is 11.3. The highest BCUT2D eigenvalue weighted by molar-refractivity contribution is 6.90. The first kappa shape index (κ1) is 28.2. The molecule has 204 valence electrons. The largest absolute Gasteiger partial charge is 0.478 e. The van der Waals surface area contributed by atoms with Crippen molar-refractivity contribution < 1.29 is 9.90 Å². The van der Waals surface area contributed by atoms with Gasteiger partial charge < -0.3 is 5.11 Å². The summed E-state index contributed by atoms with van der Waals surface area (Å²) in [5.41, 5.74) is 8.70. The fourth-order valence-corrected chi connectivity index (χ4v) is 11.8. The molecule has 5 aromatic carbocycles. The maximum atomic E-state index is 11.3. The van der Waals surface area contributed by atoms with Gasteiger partial charge in [0, 0.05) is 16.7 Å². The highest BCUT2D eigenvalue weighted by atomic mass is 28.3. The summed E-state index contributed by atoms with van der Waals surface area (Å²) in [4.78, 5) is 11.3. The standard InChI is InChI=1S/C38H36O2Si/c1-25(2)41(26(3)4,27(5)6)22-21-35-33-14-10-9-13-32(33)34(20-17-28-15-18-29(19-16-28)38(39)40)36-23-30-11-7-8-12-31(30)24-37(35)36/h7-16,18-19,23-27H,1-6H3,(H,39,40). The smallest absolute Gasteiger partial charge is 0.335 e. The molecule has 2 nitrogen and oxygen atoms in total. The molecule has 5 aromatic rings.